The van der Waals surface area contributed by atoms with E-state index in [1.54, 1.807) is 18.2 Å². The summed E-state index contributed by atoms with van der Waals surface area (Å²) < 4.78 is 0. The van der Waals surface area contributed by atoms with Gasteiger partial charge in [-0.15, -0.1) is 0 Å². The summed E-state index contributed by atoms with van der Waals surface area (Å²) in [5.41, 5.74) is 3.29. The Hall–Kier alpha value is -3.72. The van der Waals surface area contributed by atoms with E-state index in [2.05, 4.69) is 5.32 Å². The van der Waals surface area contributed by atoms with Crippen LogP contribution in [-0.2, 0) is 0 Å². The van der Waals surface area contributed by atoms with E-state index in [9.17, 15) is 9.59 Å². The first-order valence-corrected chi connectivity index (χ1v) is 9.13. The fourth-order valence-electron chi connectivity index (χ4n) is 3.31. The topological polar surface area (TPSA) is 46.2 Å². The van der Waals surface area contributed by atoms with Gasteiger partial charge in [0.1, 0.15) is 0 Å². The number of amides is 1. The Morgan fingerprint density at radius 2 is 1.43 bits per heavy atom. The molecule has 3 heteroatoms. The molecular formula is C25H19NO2. The molecule has 4 aromatic carbocycles. The molecule has 0 saturated carbocycles. The maximum Gasteiger partial charge on any atom is 0.256 e. The molecule has 0 fully saturated rings. The molecule has 28 heavy (non-hydrogen) atoms. The van der Waals surface area contributed by atoms with Gasteiger partial charge in [-0.05, 0) is 41.5 Å². The van der Waals surface area contributed by atoms with Crippen molar-refractivity contribution in [3.63, 3.8) is 0 Å². The Bertz CT molecular complexity index is 1170. The molecule has 136 valence electrons. The summed E-state index contributed by atoms with van der Waals surface area (Å²) in [5.74, 6) is -0.252. The van der Waals surface area contributed by atoms with Gasteiger partial charge in [0.05, 0.1) is 0 Å². The highest BCUT2D eigenvalue weighted by molar-refractivity contribution is 6.14. The molecule has 0 spiro atoms. The fraction of sp³-hybridized carbons (Fsp3) is 0.0400. The van der Waals surface area contributed by atoms with Crippen LogP contribution >= 0.6 is 0 Å². The van der Waals surface area contributed by atoms with Crippen molar-refractivity contribution in [1.29, 1.82) is 0 Å². The zero-order chi connectivity index (χ0) is 19.5. The van der Waals surface area contributed by atoms with Crippen LogP contribution in [0.2, 0.25) is 0 Å². The molecule has 4 aromatic rings. The van der Waals surface area contributed by atoms with Gasteiger partial charge in [-0.3, -0.25) is 9.59 Å². The molecule has 0 aliphatic heterocycles. The molecule has 0 radical (unpaired) electrons. The lowest BCUT2D eigenvalue weighted by Gasteiger charge is -2.11. The summed E-state index contributed by atoms with van der Waals surface area (Å²) in [6, 6.07) is 28.0. The lowest BCUT2D eigenvalue weighted by Crippen LogP contribution is -2.13. The number of hydrogen-bond acceptors (Lipinski definition) is 2. The van der Waals surface area contributed by atoms with Crippen LogP contribution in [0.25, 0.3) is 10.8 Å². The first kappa shape index (κ1) is 17.7. The van der Waals surface area contributed by atoms with Crippen molar-refractivity contribution < 1.29 is 9.59 Å². The number of fused-ring (bicyclic) bond motifs is 1. The average Bonchev–Trinajstić information content (AvgIpc) is 2.74. The Labute approximate surface area is 163 Å². The van der Waals surface area contributed by atoms with Gasteiger partial charge in [-0.25, -0.2) is 0 Å². The number of carbonyl (C=O) groups excluding carboxylic acids is 2. The number of rotatable bonds is 4. The standard InChI is InChI=1S/C25H19NO2/c1-17-14-15-20(16-23(17)24(27)19-9-3-2-4-10-19)26-25(28)22-13-7-11-18-8-5-6-12-21(18)22/h2-16H,1H3,(H,26,28). The number of ketones is 1. The van der Waals surface area contributed by atoms with Crippen LogP contribution < -0.4 is 5.32 Å². The third kappa shape index (κ3) is 3.42. The Balaban J connectivity index is 1.65. The molecule has 0 atom stereocenters. The van der Waals surface area contributed by atoms with Crippen LogP contribution in [0.15, 0.2) is 91.0 Å². The van der Waals surface area contributed by atoms with Crippen LogP contribution in [0.3, 0.4) is 0 Å². The van der Waals surface area contributed by atoms with Gasteiger partial charge in [0.2, 0.25) is 0 Å². The van der Waals surface area contributed by atoms with E-state index in [1.165, 1.54) is 0 Å². The first-order chi connectivity index (χ1) is 13.6. The molecular weight excluding hydrogens is 346 g/mol. The second-order valence-corrected chi connectivity index (χ2v) is 6.71. The molecule has 0 heterocycles. The number of carbonyl (C=O) groups is 2. The van der Waals surface area contributed by atoms with Gasteiger partial charge in [-0.1, -0.05) is 72.8 Å². The summed E-state index contributed by atoms with van der Waals surface area (Å²) in [4.78, 5) is 25.7. The van der Waals surface area contributed by atoms with Gasteiger partial charge in [0.15, 0.2) is 5.78 Å². The average molecular weight is 365 g/mol. The summed E-state index contributed by atoms with van der Waals surface area (Å²) in [7, 11) is 0. The number of benzene rings is 4. The van der Waals surface area contributed by atoms with Crippen LogP contribution in [0.1, 0.15) is 31.8 Å². The van der Waals surface area contributed by atoms with E-state index in [1.807, 2.05) is 79.7 Å². The Kier molecular flexibility index (Phi) is 4.73. The number of hydrogen-bond donors (Lipinski definition) is 1. The lowest BCUT2D eigenvalue weighted by molar-refractivity contribution is 0.102. The van der Waals surface area contributed by atoms with E-state index >= 15 is 0 Å². The number of nitrogens with one attached hydrogen (secondary N) is 1. The molecule has 1 N–H and O–H groups in total. The van der Waals surface area contributed by atoms with Gasteiger partial charge >= 0.3 is 0 Å². The second-order valence-electron chi connectivity index (χ2n) is 6.71. The van der Waals surface area contributed by atoms with Crippen LogP contribution in [0.4, 0.5) is 5.69 Å². The molecule has 4 rings (SSSR count). The van der Waals surface area contributed by atoms with Crippen molar-refractivity contribution in [3.8, 4) is 0 Å². The van der Waals surface area contributed by atoms with Crippen LogP contribution in [-0.4, -0.2) is 11.7 Å². The van der Waals surface area contributed by atoms with Crippen molar-refractivity contribution >= 4 is 28.2 Å². The molecule has 0 aliphatic rings. The summed E-state index contributed by atoms with van der Waals surface area (Å²) in [6.45, 7) is 1.90. The summed E-state index contributed by atoms with van der Waals surface area (Å²) >= 11 is 0. The predicted molar refractivity (Wildman–Crippen MR) is 113 cm³/mol. The number of aryl methyl sites for hydroxylation is 1. The van der Waals surface area contributed by atoms with E-state index < -0.39 is 0 Å². The zero-order valence-corrected chi connectivity index (χ0v) is 15.5. The molecule has 0 bridgehead atoms. The Morgan fingerprint density at radius 1 is 0.714 bits per heavy atom. The zero-order valence-electron chi connectivity index (χ0n) is 15.5. The maximum absolute atomic E-state index is 12.9. The second kappa shape index (κ2) is 7.49. The van der Waals surface area contributed by atoms with E-state index in [-0.39, 0.29) is 11.7 Å². The first-order valence-electron chi connectivity index (χ1n) is 9.13. The lowest BCUT2D eigenvalue weighted by atomic mass is 9.98. The SMILES string of the molecule is Cc1ccc(NC(=O)c2cccc3ccccc23)cc1C(=O)c1ccccc1. The summed E-state index contributed by atoms with van der Waals surface area (Å²) in [5, 5.41) is 4.84. The third-order valence-electron chi connectivity index (χ3n) is 4.81. The van der Waals surface area contributed by atoms with Crippen LogP contribution in [0, 0.1) is 6.92 Å². The van der Waals surface area contributed by atoms with Crippen molar-refractivity contribution in [3.05, 3.63) is 113 Å². The van der Waals surface area contributed by atoms with Gasteiger partial charge in [-0.2, -0.15) is 0 Å². The predicted octanol–water partition coefficient (Wildman–Crippen LogP) is 5.63. The Morgan fingerprint density at radius 3 is 2.25 bits per heavy atom. The molecule has 0 saturated heterocycles. The highest BCUT2D eigenvalue weighted by Crippen LogP contribution is 2.22. The molecule has 0 aromatic heterocycles. The highest BCUT2D eigenvalue weighted by atomic mass is 16.1. The van der Waals surface area contributed by atoms with E-state index in [4.69, 9.17) is 0 Å². The summed E-state index contributed by atoms with van der Waals surface area (Å²) in [6.07, 6.45) is 0. The molecule has 0 unspecified atom stereocenters. The van der Waals surface area contributed by atoms with Gasteiger partial charge in [0, 0.05) is 22.4 Å². The maximum atomic E-state index is 12.9. The minimum atomic E-state index is -0.196. The molecule has 1 amide bonds. The van der Waals surface area contributed by atoms with Crippen molar-refractivity contribution in [2.24, 2.45) is 0 Å². The largest absolute Gasteiger partial charge is 0.322 e. The number of anilines is 1. The molecule has 0 aliphatic carbocycles. The minimum Gasteiger partial charge on any atom is -0.322 e. The van der Waals surface area contributed by atoms with E-state index in [0.717, 1.165) is 16.3 Å². The van der Waals surface area contributed by atoms with Crippen molar-refractivity contribution in [2.45, 2.75) is 6.92 Å². The van der Waals surface area contributed by atoms with Crippen LogP contribution in [0.5, 0.6) is 0 Å². The van der Waals surface area contributed by atoms with E-state index in [0.29, 0.717) is 22.4 Å². The minimum absolute atomic E-state index is 0.0561. The van der Waals surface area contributed by atoms with Crippen molar-refractivity contribution in [2.75, 3.05) is 5.32 Å². The van der Waals surface area contributed by atoms with Crippen molar-refractivity contribution in [1.82, 2.24) is 0 Å². The highest BCUT2D eigenvalue weighted by Gasteiger charge is 2.14. The smallest absolute Gasteiger partial charge is 0.256 e. The normalized spacial score (nSPS) is 10.6. The van der Waals surface area contributed by atoms with Gasteiger partial charge < -0.3 is 5.32 Å². The third-order valence-corrected chi connectivity index (χ3v) is 4.81. The monoisotopic (exact) mass is 365 g/mol. The fourth-order valence-corrected chi connectivity index (χ4v) is 3.31. The molecule has 3 nitrogen and oxygen atoms in total. The van der Waals surface area contributed by atoms with Gasteiger partial charge in [0.25, 0.3) is 5.91 Å². The quantitative estimate of drug-likeness (QED) is 0.476.